The van der Waals surface area contributed by atoms with Crippen LogP contribution in [0.25, 0.3) is 0 Å². The minimum atomic E-state index is 0. The summed E-state index contributed by atoms with van der Waals surface area (Å²) in [6.07, 6.45) is 0. The summed E-state index contributed by atoms with van der Waals surface area (Å²) < 4.78 is 0. The van der Waals surface area contributed by atoms with Gasteiger partial charge in [0.05, 0.1) is 0 Å². The van der Waals surface area contributed by atoms with Crippen molar-refractivity contribution >= 4 is 27.1 Å². The molecule has 1 aromatic heterocycles. The molecule has 27 valence electrons. The van der Waals surface area contributed by atoms with E-state index in [2.05, 4.69) is 23.7 Å². The molecule has 0 bridgehead atoms. The average Bonchev–Trinajstić information content (AvgIpc) is 1.76. The Morgan fingerprint density at radius 2 is 1.50 bits per heavy atom. The van der Waals surface area contributed by atoms with Crippen LogP contribution in [-0.2, 0) is 0 Å². The Bertz CT molecular complexity index is 64.0. The van der Waals surface area contributed by atoms with Crippen molar-refractivity contribution in [2.24, 2.45) is 0 Å². The van der Waals surface area contributed by atoms with Crippen molar-refractivity contribution in [1.29, 1.82) is 0 Å². The maximum Gasteiger partial charge on any atom is 0 e. The molecule has 0 saturated heterocycles. The van der Waals surface area contributed by atoms with E-state index in [-0.39, 0.29) is 18.9 Å². The third-order valence-electron chi connectivity index (χ3n) is 0.496. The minimum Gasteiger partial charge on any atom is -0.140 e. The molecule has 1 rings (SSSR count). The molecule has 0 aromatic carbocycles. The molecule has 0 atom stereocenters. The van der Waals surface area contributed by atoms with Crippen molar-refractivity contribution in [3.05, 3.63) is 23.7 Å². The summed E-state index contributed by atoms with van der Waals surface area (Å²) in [5.74, 6) is 4.31. The van der Waals surface area contributed by atoms with Gasteiger partial charge in [0, 0.05) is 18.9 Å². The number of hydrogen-bond acceptors (Lipinski definition) is 0. The smallest absolute Gasteiger partial charge is 0 e. The van der Waals surface area contributed by atoms with E-state index >= 15 is 0 Å². The van der Waals surface area contributed by atoms with Gasteiger partial charge in [-0.25, -0.2) is 0 Å². The zero-order valence-corrected chi connectivity index (χ0v) is 4.81. The molecule has 1 heterocycles. The van der Waals surface area contributed by atoms with Crippen molar-refractivity contribution in [3.8, 4) is 0 Å². The van der Waals surface area contributed by atoms with Crippen molar-refractivity contribution in [3.63, 3.8) is 0 Å². The van der Waals surface area contributed by atoms with E-state index < -0.39 is 0 Å². The zero-order chi connectivity index (χ0) is 3.54. The van der Waals surface area contributed by atoms with Crippen LogP contribution in [0.1, 0.15) is 0 Å². The minimum absolute atomic E-state index is 0. The molecule has 0 amide bonds. The molecular formula is C4H5LiP. The van der Waals surface area contributed by atoms with Gasteiger partial charge in [-0.2, -0.15) is 0 Å². The van der Waals surface area contributed by atoms with E-state index in [1.54, 1.807) is 0 Å². The Hall–Kier alpha value is 0.377. The monoisotopic (exact) mass is 91.0 g/mol. The fourth-order valence-corrected chi connectivity index (χ4v) is 0.833. The molecule has 0 aliphatic heterocycles. The van der Waals surface area contributed by atoms with Gasteiger partial charge in [-0.3, -0.25) is 0 Å². The molecule has 0 N–H and O–H groups in total. The number of rotatable bonds is 0. The Morgan fingerprint density at radius 1 is 1.00 bits per heavy atom. The molecule has 0 nitrogen and oxygen atoms in total. The van der Waals surface area contributed by atoms with Gasteiger partial charge in [0.2, 0.25) is 0 Å². The van der Waals surface area contributed by atoms with Crippen LogP contribution >= 0.6 is 8.19 Å². The summed E-state index contributed by atoms with van der Waals surface area (Å²) in [6, 6.07) is 4.14. The van der Waals surface area contributed by atoms with Gasteiger partial charge < -0.3 is 0 Å². The molecule has 0 spiro atoms. The summed E-state index contributed by atoms with van der Waals surface area (Å²) in [4.78, 5) is 0. The molecule has 0 aliphatic carbocycles. The molecule has 2 heteroatoms. The van der Waals surface area contributed by atoms with E-state index in [0.29, 0.717) is 0 Å². The summed E-state index contributed by atoms with van der Waals surface area (Å²) in [6.45, 7) is 0. The molecule has 6 heavy (non-hydrogen) atoms. The topological polar surface area (TPSA) is 0 Å². The summed E-state index contributed by atoms with van der Waals surface area (Å²) >= 11 is 0. The first kappa shape index (κ1) is 6.38. The summed E-state index contributed by atoms with van der Waals surface area (Å²) in [5.41, 5.74) is 0. The Morgan fingerprint density at radius 3 is 1.67 bits per heavy atom. The largest absolute Gasteiger partial charge is 0.140 e. The van der Waals surface area contributed by atoms with E-state index in [1.807, 2.05) is 0 Å². The van der Waals surface area contributed by atoms with Crippen LogP contribution in [0.4, 0.5) is 0 Å². The molecule has 0 unspecified atom stereocenters. The zero-order valence-electron chi connectivity index (χ0n) is 3.81. The fourth-order valence-electron chi connectivity index (χ4n) is 0.278. The Balaban J connectivity index is 0.000000250. The quantitative estimate of drug-likeness (QED) is 0.422. The Labute approximate surface area is 51.2 Å². The van der Waals surface area contributed by atoms with Gasteiger partial charge in [0.15, 0.2) is 0 Å². The van der Waals surface area contributed by atoms with Gasteiger partial charge in [-0.1, -0.05) is 12.1 Å². The maximum atomic E-state index is 2.15. The van der Waals surface area contributed by atoms with Gasteiger partial charge in [-0.15, -0.1) is 8.19 Å². The summed E-state index contributed by atoms with van der Waals surface area (Å²) in [5, 5.41) is 0. The van der Waals surface area contributed by atoms with Gasteiger partial charge in [0.1, 0.15) is 0 Å². The summed E-state index contributed by atoms with van der Waals surface area (Å²) in [7, 11) is 0.948. The van der Waals surface area contributed by atoms with Crippen molar-refractivity contribution in [2.45, 2.75) is 0 Å². The van der Waals surface area contributed by atoms with Crippen molar-refractivity contribution < 1.29 is 0 Å². The second-order valence-electron chi connectivity index (χ2n) is 0.885. The normalized spacial score (nSPS) is 6.67. The third-order valence-corrected chi connectivity index (χ3v) is 1.27. The Kier molecular flexibility index (Phi) is 3.79. The van der Waals surface area contributed by atoms with Crippen LogP contribution in [-0.4, -0.2) is 18.9 Å². The van der Waals surface area contributed by atoms with Crippen LogP contribution in [0.15, 0.2) is 23.7 Å². The predicted molar refractivity (Wildman–Crippen MR) is 31.7 cm³/mol. The third kappa shape index (κ3) is 1.73. The fraction of sp³-hybridized carbons (Fsp3) is 0. The second-order valence-corrected chi connectivity index (χ2v) is 1.88. The van der Waals surface area contributed by atoms with Crippen molar-refractivity contribution in [2.75, 3.05) is 0 Å². The first-order valence-electron chi connectivity index (χ1n) is 1.58. The van der Waals surface area contributed by atoms with Crippen LogP contribution in [0.5, 0.6) is 0 Å². The standard InChI is InChI=1S/C4H5P.Li/c1-2-4-5-3-1;/h1-5H;. The second kappa shape index (κ2) is 3.56. The van der Waals surface area contributed by atoms with Crippen LogP contribution in [0, 0.1) is 0 Å². The molecule has 0 aliphatic rings. The van der Waals surface area contributed by atoms with E-state index in [9.17, 15) is 0 Å². The molecular weight excluding hydrogens is 86.0 g/mol. The predicted octanol–water partition coefficient (Wildman–Crippen LogP) is 1.34. The molecule has 0 saturated carbocycles. The van der Waals surface area contributed by atoms with Gasteiger partial charge in [0.25, 0.3) is 0 Å². The van der Waals surface area contributed by atoms with Crippen LogP contribution in [0.2, 0.25) is 0 Å². The van der Waals surface area contributed by atoms with Gasteiger partial charge >= 0.3 is 0 Å². The van der Waals surface area contributed by atoms with E-state index in [1.165, 1.54) is 0 Å². The van der Waals surface area contributed by atoms with E-state index in [4.69, 9.17) is 0 Å². The maximum absolute atomic E-state index is 2.15. The first-order valence-corrected chi connectivity index (χ1v) is 2.73. The van der Waals surface area contributed by atoms with Crippen LogP contribution < -0.4 is 0 Å². The average molecular weight is 91.0 g/mol. The number of hydrogen-bond donors (Lipinski definition) is 0. The molecule has 0 fully saturated rings. The van der Waals surface area contributed by atoms with Crippen molar-refractivity contribution in [1.82, 2.24) is 0 Å². The molecule has 1 aromatic rings. The van der Waals surface area contributed by atoms with E-state index in [0.717, 1.165) is 8.19 Å². The first-order chi connectivity index (χ1) is 2.50. The molecule has 1 radical (unpaired) electrons. The van der Waals surface area contributed by atoms with Crippen LogP contribution in [0.3, 0.4) is 0 Å². The van der Waals surface area contributed by atoms with Gasteiger partial charge in [-0.05, 0) is 11.6 Å². The SMILES string of the molecule is [Li].c1cc[pH]c1.